The van der Waals surface area contributed by atoms with Gasteiger partial charge in [-0.05, 0) is 30.0 Å². The Morgan fingerprint density at radius 1 is 1.22 bits per heavy atom. The van der Waals surface area contributed by atoms with Gasteiger partial charge in [0.05, 0.1) is 7.11 Å². The average molecular weight is 244 g/mol. The van der Waals surface area contributed by atoms with Crippen molar-refractivity contribution < 1.29 is 9.13 Å². The second-order valence-electron chi connectivity index (χ2n) is 4.35. The lowest BCUT2D eigenvalue weighted by Gasteiger charge is -2.23. The minimum Gasteiger partial charge on any atom is -0.479 e. The molecule has 0 saturated heterocycles. The molecule has 0 amide bonds. The van der Waals surface area contributed by atoms with Crippen LogP contribution >= 0.6 is 0 Å². The number of hydrogen-bond donors (Lipinski definition) is 1. The Morgan fingerprint density at radius 2 is 2.06 bits per heavy atom. The van der Waals surface area contributed by atoms with Gasteiger partial charge in [0, 0.05) is 23.0 Å². The Kier molecular flexibility index (Phi) is 2.44. The summed E-state index contributed by atoms with van der Waals surface area (Å²) < 4.78 is 19.0. The highest BCUT2D eigenvalue weighted by atomic mass is 19.1. The smallest absolute Gasteiger partial charge is 0.250 e. The van der Waals surface area contributed by atoms with Gasteiger partial charge < -0.3 is 10.5 Å². The lowest BCUT2D eigenvalue weighted by atomic mass is 9.84. The number of anilines is 1. The van der Waals surface area contributed by atoms with Gasteiger partial charge in [-0.3, -0.25) is 0 Å². The molecule has 1 aliphatic carbocycles. The van der Waals surface area contributed by atoms with E-state index in [0.29, 0.717) is 16.8 Å². The molecule has 1 aromatic heterocycles. The number of nitrogens with two attached hydrogens (primary N) is 1. The number of fused-ring (bicyclic) bond motifs is 1. The molecule has 0 aliphatic heterocycles. The van der Waals surface area contributed by atoms with E-state index in [2.05, 4.69) is 4.98 Å². The minimum atomic E-state index is -0.467. The normalized spacial score (nSPS) is 12.8. The summed E-state index contributed by atoms with van der Waals surface area (Å²) >= 11 is 0. The first-order valence-corrected chi connectivity index (χ1v) is 5.81. The van der Waals surface area contributed by atoms with Crippen molar-refractivity contribution in [3.63, 3.8) is 0 Å². The molecule has 0 spiro atoms. The number of halogens is 1. The average Bonchev–Trinajstić information content (AvgIpc) is 2.33. The fourth-order valence-corrected chi connectivity index (χ4v) is 2.33. The maximum atomic E-state index is 14.1. The standard InChI is InChI=1S/C14H13FN2O/c1-18-14-12(15)10(6-7-17-14)11-5-3-8-2-4-9(8)13(11)16/h3,5-7H,2,4,16H2,1H3. The van der Waals surface area contributed by atoms with E-state index in [-0.39, 0.29) is 5.88 Å². The number of pyridine rings is 1. The number of methoxy groups -OCH3 is 1. The number of ether oxygens (including phenoxy) is 1. The Balaban J connectivity index is 2.19. The summed E-state index contributed by atoms with van der Waals surface area (Å²) in [6.07, 6.45) is 3.55. The van der Waals surface area contributed by atoms with Gasteiger partial charge in [0.2, 0.25) is 0 Å². The summed E-state index contributed by atoms with van der Waals surface area (Å²) in [5, 5.41) is 0. The summed E-state index contributed by atoms with van der Waals surface area (Å²) in [7, 11) is 1.40. The SMILES string of the molecule is COc1nccc(-c2ccc3c(c2N)CC3)c1F. The molecular formula is C14H13FN2O. The molecule has 2 aromatic rings. The van der Waals surface area contributed by atoms with E-state index in [1.165, 1.54) is 18.9 Å². The van der Waals surface area contributed by atoms with Crippen molar-refractivity contribution in [3.05, 3.63) is 41.3 Å². The number of benzene rings is 1. The van der Waals surface area contributed by atoms with Crippen molar-refractivity contribution in [3.8, 4) is 17.0 Å². The van der Waals surface area contributed by atoms with E-state index in [0.717, 1.165) is 18.4 Å². The number of nitrogen functional groups attached to an aromatic ring is 1. The van der Waals surface area contributed by atoms with Gasteiger partial charge in [0.15, 0.2) is 5.82 Å². The molecule has 0 fully saturated rings. The molecule has 0 radical (unpaired) electrons. The predicted molar refractivity (Wildman–Crippen MR) is 68.0 cm³/mol. The summed E-state index contributed by atoms with van der Waals surface area (Å²) in [5.41, 5.74) is 10.3. The van der Waals surface area contributed by atoms with Crippen LogP contribution in [0.4, 0.5) is 10.1 Å². The zero-order chi connectivity index (χ0) is 12.7. The number of aromatic nitrogens is 1. The van der Waals surface area contributed by atoms with Gasteiger partial charge in [0.1, 0.15) is 0 Å². The van der Waals surface area contributed by atoms with E-state index in [1.54, 1.807) is 6.07 Å². The van der Waals surface area contributed by atoms with Gasteiger partial charge in [0.25, 0.3) is 5.88 Å². The van der Waals surface area contributed by atoms with Crippen LogP contribution < -0.4 is 10.5 Å². The molecule has 18 heavy (non-hydrogen) atoms. The molecular weight excluding hydrogens is 231 g/mol. The van der Waals surface area contributed by atoms with Crippen LogP contribution in [0.5, 0.6) is 5.88 Å². The molecule has 0 bridgehead atoms. The number of nitrogens with zero attached hydrogens (tertiary/aromatic N) is 1. The second-order valence-corrected chi connectivity index (χ2v) is 4.35. The highest BCUT2D eigenvalue weighted by Gasteiger charge is 2.21. The van der Waals surface area contributed by atoms with Crippen LogP contribution in [0.25, 0.3) is 11.1 Å². The third-order valence-corrected chi connectivity index (χ3v) is 3.44. The van der Waals surface area contributed by atoms with E-state index in [9.17, 15) is 4.39 Å². The number of rotatable bonds is 2. The van der Waals surface area contributed by atoms with Crippen LogP contribution in [-0.2, 0) is 12.8 Å². The molecule has 1 heterocycles. The summed E-state index contributed by atoms with van der Waals surface area (Å²) in [5.74, 6) is -0.472. The first-order valence-electron chi connectivity index (χ1n) is 5.81. The van der Waals surface area contributed by atoms with Crippen LogP contribution in [-0.4, -0.2) is 12.1 Å². The van der Waals surface area contributed by atoms with Crippen LogP contribution in [0.2, 0.25) is 0 Å². The van der Waals surface area contributed by atoms with Crippen LogP contribution in [0.15, 0.2) is 24.4 Å². The molecule has 2 N–H and O–H groups in total. The van der Waals surface area contributed by atoms with Gasteiger partial charge in [-0.25, -0.2) is 9.37 Å². The van der Waals surface area contributed by atoms with Crippen molar-refractivity contribution in [2.75, 3.05) is 12.8 Å². The van der Waals surface area contributed by atoms with E-state index in [4.69, 9.17) is 10.5 Å². The largest absolute Gasteiger partial charge is 0.479 e. The minimum absolute atomic E-state index is 0.00501. The van der Waals surface area contributed by atoms with Gasteiger partial charge >= 0.3 is 0 Å². The predicted octanol–water partition coefficient (Wildman–Crippen LogP) is 2.58. The van der Waals surface area contributed by atoms with E-state index < -0.39 is 5.82 Å². The monoisotopic (exact) mass is 244 g/mol. The third kappa shape index (κ3) is 1.45. The molecule has 92 valence electrons. The quantitative estimate of drug-likeness (QED) is 0.826. The molecule has 1 aromatic carbocycles. The van der Waals surface area contributed by atoms with Crippen molar-refractivity contribution in [2.45, 2.75) is 12.8 Å². The molecule has 3 rings (SSSR count). The topological polar surface area (TPSA) is 48.1 Å². The molecule has 1 aliphatic rings. The van der Waals surface area contributed by atoms with Crippen molar-refractivity contribution in [1.82, 2.24) is 4.98 Å². The molecule has 0 saturated carbocycles. The van der Waals surface area contributed by atoms with Crippen molar-refractivity contribution in [1.29, 1.82) is 0 Å². The molecule has 4 heteroatoms. The summed E-state index contributed by atoms with van der Waals surface area (Å²) in [6.45, 7) is 0. The van der Waals surface area contributed by atoms with Crippen LogP contribution in [0.1, 0.15) is 11.1 Å². The van der Waals surface area contributed by atoms with E-state index >= 15 is 0 Å². The highest BCUT2D eigenvalue weighted by Crippen LogP contribution is 2.38. The lowest BCUT2D eigenvalue weighted by molar-refractivity contribution is 0.370. The Bertz CT molecular complexity index is 625. The number of hydrogen-bond acceptors (Lipinski definition) is 3. The van der Waals surface area contributed by atoms with Crippen molar-refractivity contribution >= 4 is 5.69 Å². The van der Waals surface area contributed by atoms with Crippen LogP contribution in [0, 0.1) is 5.82 Å². The van der Waals surface area contributed by atoms with Crippen LogP contribution in [0.3, 0.4) is 0 Å². The Hall–Kier alpha value is -2.10. The fraction of sp³-hybridized carbons (Fsp3) is 0.214. The Labute approximate surface area is 104 Å². The second kappa shape index (κ2) is 3.98. The van der Waals surface area contributed by atoms with Gasteiger partial charge in [-0.2, -0.15) is 0 Å². The first kappa shape index (κ1) is 11.0. The third-order valence-electron chi connectivity index (χ3n) is 3.44. The summed E-state index contributed by atoms with van der Waals surface area (Å²) in [6, 6.07) is 5.50. The summed E-state index contributed by atoms with van der Waals surface area (Å²) in [4.78, 5) is 3.83. The lowest BCUT2D eigenvalue weighted by Crippen LogP contribution is -2.12. The fourth-order valence-electron chi connectivity index (χ4n) is 2.33. The highest BCUT2D eigenvalue weighted by molar-refractivity contribution is 5.81. The molecule has 0 unspecified atom stereocenters. The molecule has 3 nitrogen and oxygen atoms in total. The van der Waals surface area contributed by atoms with Gasteiger partial charge in [-0.15, -0.1) is 0 Å². The first-order chi connectivity index (χ1) is 8.72. The zero-order valence-corrected chi connectivity index (χ0v) is 10.0. The maximum absolute atomic E-state index is 14.1. The number of aryl methyl sites for hydroxylation is 1. The van der Waals surface area contributed by atoms with Gasteiger partial charge in [-0.1, -0.05) is 12.1 Å². The van der Waals surface area contributed by atoms with Crippen molar-refractivity contribution in [2.24, 2.45) is 0 Å². The zero-order valence-electron chi connectivity index (χ0n) is 10.0. The maximum Gasteiger partial charge on any atom is 0.250 e. The Morgan fingerprint density at radius 3 is 2.72 bits per heavy atom. The molecule has 0 atom stereocenters. The van der Waals surface area contributed by atoms with E-state index in [1.807, 2.05) is 12.1 Å².